The van der Waals surface area contributed by atoms with Gasteiger partial charge in [-0.1, -0.05) is 12.6 Å². The molecule has 0 atom stereocenters. The van der Waals surface area contributed by atoms with E-state index in [0.29, 0.717) is 36.7 Å². The molecule has 0 aromatic heterocycles. The van der Waals surface area contributed by atoms with Gasteiger partial charge in [0.25, 0.3) is 5.91 Å². The Labute approximate surface area is 172 Å². The smallest absolute Gasteiger partial charge is 0.254 e. The molecule has 30 heavy (non-hydrogen) atoms. The first-order valence-corrected chi connectivity index (χ1v) is 9.37. The molecule has 0 saturated carbocycles. The minimum absolute atomic E-state index is 0.0333. The van der Waals surface area contributed by atoms with Gasteiger partial charge < -0.3 is 15.1 Å². The zero-order chi connectivity index (χ0) is 21.8. The molecule has 156 valence electrons. The fourth-order valence-electron chi connectivity index (χ4n) is 3.48. The van der Waals surface area contributed by atoms with Gasteiger partial charge in [-0.15, -0.1) is 0 Å². The second-order valence-corrected chi connectivity index (χ2v) is 6.97. The third-order valence-electron chi connectivity index (χ3n) is 4.80. The molecule has 1 N–H and O–H groups in total. The molecule has 2 aromatic rings. The standard InChI is InChI=1S/C22H21F2N3O3/c1-3-21(29)27-9-5-7-17-18(6-4-8-19(17)27)22(30)26(2)13-20(28)25-16-11-14(23)10-15(24)12-16/h3-4,6,8,10-12H,1,5,7,9,13H2,2H3,(H,25,28). The van der Waals surface area contributed by atoms with E-state index in [4.69, 9.17) is 0 Å². The van der Waals surface area contributed by atoms with Crippen molar-refractivity contribution in [2.24, 2.45) is 0 Å². The Morgan fingerprint density at radius 3 is 2.57 bits per heavy atom. The number of likely N-dealkylation sites (N-methyl/N-ethyl adjacent to an activating group) is 1. The van der Waals surface area contributed by atoms with Crippen molar-refractivity contribution < 1.29 is 23.2 Å². The highest BCUT2D eigenvalue weighted by atomic mass is 19.1. The lowest BCUT2D eigenvalue weighted by Gasteiger charge is -2.30. The molecule has 1 aliphatic rings. The minimum Gasteiger partial charge on any atom is -0.332 e. The average molecular weight is 413 g/mol. The summed E-state index contributed by atoms with van der Waals surface area (Å²) in [6, 6.07) is 7.79. The molecule has 6 nitrogen and oxygen atoms in total. The summed E-state index contributed by atoms with van der Waals surface area (Å²) in [5.41, 5.74) is 1.77. The first kappa shape index (κ1) is 21.2. The maximum atomic E-state index is 13.3. The zero-order valence-corrected chi connectivity index (χ0v) is 16.5. The van der Waals surface area contributed by atoms with Crippen LogP contribution in [0.5, 0.6) is 0 Å². The quantitative estimate of drug-likeness (QED) is 0.766. The number of fused-ring (bicyclic) bond motifs is 1. The van der Waals surface area contributed by atoms with Crippen molar-refractivity contribution in [3.05, 3.63) is 71.8 Å². The number of halogens is 2. The molecule has 2 aromatic carbocycles. The molecular formula is C22H21F2N3O3. The fourth-order valence-corrected chi connectivity index (χ4v) is 3.48. The molecule has 8 heteroatoms. The number of carbonyl (C=O) groups excluding carboxylic acids is 3. The van der Waals surface area contributed by atoms with Gasteiger partial charge in [-0.2, -0.15) is 0 Å². The topological polar surface area (TPSA) is 69.7 Å². The van der Waals surface area contributed by atoms with Crippen LogP contribution < -0.4 is 10.2 Å². The van der Waals surface area contributed by atoms with E-state index in [1.54, 1.807) is 23.1 Å². The SMILES string of the molecule is C=CC(=O)N1CCCc2c(C(=O)N(C)CC(=O)Nc3cc(F)cc(F)c3)cccc21. The molecule has 3 rings (SSSR count). The van der Waals surface area contributed by atoms with Gasteiger partial charge >= 0.3 is 0 Å². The lowest BCUT2D eigenvalue weighted by Crippen LogP contribution is -2.37. The Bertz CT molecular complexity index is 1000. The Hall–Kier alpha value is -3.55. The molecule has 0 saturated heterocycles. The molecule has 0 radical (unpaired) electrons. The zero-order valence-electron chi connectivity index (χ0n) is 16.5. The third-order valence-corrected chi connectivity index (χ3v) is 4.80. The van der Waals surface area contributed by atoms with E-state index < -0.39 is 17.5 Å². The number of hydrogen-bond donors (Lipinski definition) is 1. The molecule has 3 amide bonds. The Balaban J connectivity index is 1.75. The van der Waals surface area contributed by atoms with Crippen LogP contribution in [0.25, 0.3) is 0 Å². The number of amides is 3. The summed E-state index contributed by atoms with van der Waals surface area (Å²) in [6.07, 6.45) is 2.56. The average Bonchev–Trinajstić information content (AvgIpc) is 2.70. The summed E-state index contributed by atoms with van der Waals surface area (Å²) >= 11 is 0. The van der Waals surface area contributed by atoms with Crippen LogP contribution in [0, 0.1) is 11.6 Å². The van der Waals surface area contributed by atoms with Gasteiger partial charge in [-0.05, 0) is 48.7 Å². The van der Waals surface area contributed by atoms with Gasteiger partial charge in [0, 0.05) is 36.6 Å². The van der Waals surface area contributed by atoms with Gasteiger partial charge in [0.2, 0.25) is 11.8 Å². The van der Waals surface area contributed by atoms with Crippen molar-refractivity contribution in [2.75, 3.05) is 30.4 Å². The predicted molar refractivity (Wildman–Crippen MR) is 109 cm³/mol. The first-order chi connectivity index (χ1) is 14.3. The number of anilines is 2. The number of nitrogens with one attached hydrogen (secondary N) is 1. The Morgan fingerprint density at radius 2 is 1.90 bits per heavy atom. The molecule has 1 aliphatic heterocycles. The highest BCUT2D eigenvalue weighted by Crippen LogP contribution is 2.30. The lowest BCUT2D eigenvalue weighted by atomic mass is 9.95. The van der Waals surface area contributed by atoms with Crippen LogP contribution >= 0.6 is 0 Å². The largest absolute Gasteiger partial charge is 0.332 e. The number of nitrogens with zero attached hydrogens (tertiary/aromatic N) is 2. The minimum atomic E-state index is -0.815. The van der Waals surface area contributed by atoms with Crippen LogP contribution in [0.15, 0.2) is 49.1 Å². The number of hydrogen-bond acceptors (Lipinski definition) is 3. The van der Waals surface area contributed by atoms with Crippen molar-refractivity contribution in [1.82, 2.24) is 4.90 Å². The maximum Gasteiger partial charge on any atom is 0.254 e. The molecular weight excluding hydrogens is 392 g/mol. The summed E-state index contributed by atoms with van der Waals surface area (Å²) in [7, 11) is 1.46. The van der Waals surface area contributed by atoms with Crippen LogP contribution in [0.3, 0.4) is 0 Å². The molecule has 0 bridgehead atoms. The highest BCUT2D eigenvalue weighted by Gasteiger charge is 2.26. The summed E-state index contributed by atoms with van der Waals surface area (Å²) in [5.74, 6) is -2.85. The van der Waals surface area contributed by atoms with E-state index in [9.17, 15) is 23.2 Å². The number of benzene rings is 2. The van der Waals surface area contributed by atoms with Crippen molar-refractivity contribution in [2.45, 2.75) is 12.8 Å². The van der Waals surface area contributed by atoms with E-state index in [1.165, 1.54) is 18.0 Å². The third kappa shape index (κ3) is 4.53. The number of carbonyl (C=O) groups is 3. The van der Waals surface area contributed by atoms with Gasteiger partial charge in [0.15, 0.2) is 0 Å². The van der Waals surface area contributed by atoms with Crippen molar-refractivity contribution in [1.29, 1.82) is 0 Å². The second kappa shape index (κ2) is 8.86. The van der Waals surface area contributed by atoms with Crippen LogP contribution in [0.2, 0.25) is 0 Å². The van der Waals surface area contributed by atoms with Crippen molar-refractivity contribution in [3.63, 3.8) is 0 Å². The van der Waals surface area contributed by atoms with Gasteiger partial charge in [-0.25, -0.2) is 8.78 Å². The molecule has 0 fully saturated rings. The Morgan fingerprint density at radius 1 is 1.20 bits per heavy atom. The molecule has 1 heterocycles. The van der Waals surface area contributed by atoms with E-state index in [2.05, 4.69) is 11.9 Å². The molecule has 0 aliphatic carbocycles. The molecule has 0 spiro atoms. The lowest BCUT2D eigenvalue weighted by molar-refractivity contribution is -0.116. The summed E-state index contributed by atoms with van der Waals surface area (Å²) in [4.78, 5) is 40.1. The Kier molecular flexibility index (Phi) is 6.25. The van der Waals surface area contributed by atoms with Gasteiger partial charge in [0.1, 0.15) is 11.6 Å². The monoisotopic (exact) mass is 413 g/mol. The van der Waals surface area contributed by atoms with Crippen LogP contribution in [0.1, 0.15) is 22.3 Å². The summed E-state index contributed by atoms with van der Waals surface area (Å²) in [6.45, 7) is 3.74. The summed E-state index contributed by atoms with van der Waals surface area (Å²) < 4.78 is 26.5. The number of rotatable bonds is 5. The van der Waals surface area contributed by atoms with Gasteiger partial charge in [-0.3, -0.25) is 14.4 Å². The van der Waals surface area contributed by atoms with E-state index >= 15 is 0 Å². The van der Waals surface area contributed by atoms with E-state index in [0.717, 1.165) is 17.7 Å². The normalized spacial score (nSPS) is 12.7. The van der Waals surface area contributed by atoms with Crippen LogP contribution in [0.4, 0.5) is 20.2 Å². The summed E-state index contributed by atoms with van der Waals surface area (Å²) in [5, 5.41) is 2.38. The van der Waals surface area contributed by atoms with E-state index in [1.807, 2.05) is 0 Å². The maximum absolute atomic E-state index is 13.3. The predicted octanol–water partition coefficient (Wildman–Crippen LogP) is 3.14. The van der Waals surface area contributed by atoms with Crippen LogP contribution in [-0.2, 0) is 16.0 Å². The van der Waals surface area contributed by atoms with Crippen molar-refractivity contribution in [3.8, 4) is 0 Å². The van der Waals surface area contributed by atoms with Crippen molar-refractivity contribution >= 4 is 29.1 Å². The van der Waals surface area contributed by atoms with E-state index in [-0.39, 0.29) is 24.0 Å². The van der Waals surface area contributed by atoms with Crippen LogP contribution in [-0.4, -0.2) is 42.8 Å². The first-order valence-electron chi connectivity index (χ1n) is 9.37. The second-order valence-electron chi connectivity index (χ2n) is 6.97. The molecule has 0 unspecified atom stereocenters. The highest BCUT2D eigenvalue weighted by molar-refractivity contribution is 6.05. The fraction of sp³-hybridized carbons (Fsp3) is 0.227. The van der Waals surface area contributed by atoms with Gasteiger partial charge in [0.05, 0.1) is 6.54 Å².